The largest absolute Gasteiger partial charge is 0.206 e. The second kappa shape index (κ2) is 10.4. The molecule has 2 aliphatic rings. The van der Waals surface area contributed by atoms with E-state index < -0.39 is 0 Å². The first-order chi connectivity index (χ1) is 13.1. The molecule has 0 N–H and O–H groups in total. The summed E-state index contributed by atoms with van der Waals surface area (Å²) in [5.74, 6) is 2.87. The summed E-state index contributed by atoms with van der Waals surface area (Å²) in [7, 11) is 0. The first-order valence-corrected chi connectivity index (χ1v) is 11.0. The van der Waals surface area contributed by atoms with E-state index in [1.807, 2.05) is 6.07 Å². The van der Waals surface area contributed by atoms with Gasteiger partial charge in [-0.25, -0.2) is 4.39 Å². The van der Waals surface area contributed by atoms with Gasteiger partial charge in [0.2, 0.25) is 0 Å². The maximum absolute atomic E-state index is 14.9. The number of benzene rings is 2. The standard InChI is InChI=1S/C26H33F.2CH4.2H2/c1-18-3-7-20(8-4-18)21-11-13-23(14-12-21)25-16-15-24(17-26(25)27)22-9-5-19(2)6-10-22;;;;/h11-20,22H,3-10H2,1-2H3;2*1H4;2*1H. The minimum absolute atomic E-state index is 0. The van der Waals surface area contributed by atoms with Gasteiger partial charge in [-0.1, -0.05) is 90.8 Å². The fourth-order valence-corrected chi connectivity index (χ4v) is 5.14. The third-order valence-electron chi connectivity index (χ3n) is 7.19. The molecule has 1 heteroatoms. The van der Waals surface area contributed by atoms with Crippen molar-refractivity contribution >= 4 is 0 Å². The second-order valence-corrected chi connectivity index (χ2v) is 9.27. The van der Waals surface area contributed by atoms with E-state index in [-0.39, 0.29) is 23.5 Å². The fraction of sp³-hybridized carbons (Fsp3) is 0.571. The summed E-state index contributed by atoms with van der Waals surface area (Å²) >= 11 is 0. The molecule has 164 valence electrons. The highest BCUT2D eigenvalue weighted by molar-refractivity contribution is 5.65. The molecular formula is C28H45F. The Labute approximate surface area is 181 Å². The molecule has 2 fully saturated rings. The number of halogens is 1. The summed E-state index contributed by atoms with van der Waals surface area (Å²) in [5, 5.41) is 0. The Morgan fingerprint density at radius 2 is 1.10 bits per heavy atom. The molecule has 0 aromatic heterocycles. The molecule has 0 aliphatic heterocycles. The van der Waals surface area contributed by atoms with E-state index in [0.29, 0.717) is 11.8 Å². The summed E-state index contributed by atoms with van der Waals surface area (Å²) in [6, 6.07) is 14.7. The molecule has 0 atom stereocenters. The lowest BCUT2D eigenvalue weighted by Crippen LogP contribution is -2.11. The zero-order chi connectivity index (χ0) is 18.8. The van der Waals surface area contributed by atoms with Gasteiger partial charge in [0.15, 0.2) is 0 Å². The van der Waals surface area contributed by atoms with Crippen LogP contribution in [0.25, 0.3) is 11.1 Å². The molecule has 0 saturated heterocycles. The van der Waals surface area contributed by atoms with Crippen LogP contribution in [0.2, 0.25) is 0 Å². The summed E-state index contributed by atoms with van der Waals surface area (Å²) < 4.78 is 14.9. The highest BCUT2D eigenvalue weighted by Crippen LogP contribution is 2.38. The monoisotopic (exact) mass is 400 g/mol. The van der Waals surface area contributed by atoms with Crippen molar-refractivity contribution in [1.29, 1.82) is 0 Å². The van der Waals surface area contributed by atoms with Crippen LogP contribution in [0.15, 0.2) is 42.5 Å². The lowest BCUT2D eigenvalue weighted by atomic mass is 9.79. The molecule has 0 spiro atoms. The first kappa shape index (κ1) is 23.6. The number of hydrogen-bond acceptors (Lipinski definition) is 0. The quantitative estimate of drug-likeness (QED) is 0.481. The van der Waals surface area contributed by atoms with E-state index in [4.69, 9.17) is 0 Å². The maximum atomic E-state index is 14.9. The molecule has 0 unspecified atom stereocenters. The normalized spacial score (nSPS) is 26.9. The Kier molecular flexibility index (Phi) is 8.49. The van der Waals surface area contributed by atoms with Crippen LogP contribution in [0.4, 0.5) is 4.39 Å². The van der Waals surface area contributed by atoms with Gasteiger partial charge in [0.25, 0.3) is 0 Å². The Balaban J connectivity index is 0.00000225. The van der Waals surface area contributed by atoms with Gasteiger partial charge in [-0.05, 0) is 72.1 Å². The van der Waals surface area contributed by atoms with Gasteiger partial charge >= 0.3 is 0 Å². The van der Waals surface area contributed by atoms with E-state index in [0.717, 1.165) is 23.0 Å². The molecule has 0 amide bonds. The maximum Gasteiger partial charge on any atom is 0.131 e. The summed E-state index contributed by atoms with van der Waals surface area (Å²) in [4.78, 5) is 0. The zero-order valence-electron chi connectivity index (χ0n) is 16.9. The fourth-order valence-electron chi connectivity index (χ4n) is 5.14. The summed E-state index contributed by atoms with van der Waals surface area (Å²) in [6.45, 7) is 4.69. The summed E-state index contributed by atoms with van der Waals surface area (Å²) in [6.07, 6.45) is 10.2. The van der Waals surface area contributed by atoms with Gasteiger partial charge in [-0.2, -0.15) is 0 Å². The third-order valence-corrected chi connectivity index (χ3v) is 7.19. The lowest BCUT2D eigenvalue weighted by molar-refractivity contribution is 0.347. The van der Waals surface area contributed by atoms with Crippen LogP contribution in [0.1, 0.15) is 106 Å². The molecule has 29 heavy (non-hydrogen) atoms. The van der Waals surface area contributed by atoms with Crippen molar-refractivity contribution in [2.45, 2.75) is 91.9 Å². The van der Waals surface area contributed by atoms with Gasteiger partial charge < -0.3 is 0 Å². The van der Waals surface area contributed by atoms with Gasteiger partial charge in [0, 0.05) is 8.42 Å². The zero-order valence-corrected chi connectivity index (χ0v) is 16.9. The van der Waals surface area contributed by atoms with Crippen LogP contribution in [0.5, 0.6) is 0 Å². The van der Waals surface area contributed by atoms with Crippen LogP contribution in [-0.2, 0) is 0 Å². The van der Waals surface area contributed by atoms with E-state index in [9.17, 15) is 4.39 Å². The lowest BCUT2D eigenvalue weighted by Gasteiger charge is -2.27. The van der Waals surface area contributed by atoms with E-state index in [1.165, 1.54) is 62.5 Å². The summed E-state index contributed by atoms with van der Waals surface area (Å²) in [5.41, 5.74) is 4.37. The first-order valence-electron chi connectivity index (χ1n) is 11.0. The Morgan fingerprint density at radius 3 is 1.59 bits per heavy atom. The molecule has 2 aromatic carbocycles. The average Bonchev–Trinajstić information content (AvgIpc) is 2.69. The van der Waals surface area contributed by atoms with Crippen molar-refractivity contribution < 1.29 is 7.24 Å². The molecule has 0 bridgehead atoms. The van der Waals surface area contributed by atoms with Gasteiger partial charge in [0.1, 0.15) is 5.82 Å². The van der Waals surface area contributed by atoms with Crippen molar-refractivity contribution in [1.82, 2.24) is 0 Å². The van der Waals surface area contributed by atoms with Crippen LogP contribution in [0.3, 0.4) is 0 Å². The highest BCUT2D eigenvalue weighted by Gasteiger charge is 2.22. The Bertz CT molecular complexity index is 755. The predicted molar refractivity (Wildman–Crippen MR) is 130 cm³/mol. The minimum atomic E-state index is -0.0645. The Morgan fingerprint density at radius 1 is 0.655 bits per heavy atom. The molecule has 0 radical (unpaired) electrons. The molecule has 2 saturated carbocycles. The van der Waals surface area contributed by atoms with Crippen molar-refractivity contribution in [2.24, 2.45) is 11.8 Å². The number of hydrogen-bond donors (Lipinski definition) is 0. The molecule has 4 rings (SSSR count). The molecule has 2 aromatic rings. The molecular weight excluding hydrogens is 355 g/mol. The van der Waals surface area contributed by atoms with Gasteiger partial charge in [-0.3, -0.25) is 0 Å². The Hall–Kier alpha value is -1.63. The molecule has 0 heterocycles. The smallest absolute Gasteiger partial charge is 0.131 e. The molecule has 0 nitrogen and oxygen atoms in total. The minimum Gasteiger partial charge on any atom is -0.206 e. The number of rotatable bonds is 3. The molecule has 2 aliphatic carbocycles. The second-order valence-electron chi connectivity index (χ2n) is 9.27. The topological polar surface area (TPSA) is 0 Å². The average molecular weight is 401 g/mol. The van der Waals surface area contributed by atoms with E-state index in [1.54, 1.807) is 6.07 Å². The van der Waals surface area contributed by atoms with Gasteiger partial charge in [-0.15, -0.1) is 0 Å². The van der Waals surface area contributed by atoms with Crippen LogP contribution in [0, 0.1) is 17.7 Å². The van der Waals surface area contributed by atoms with Crippen molar-refractivity contribution in [3.63, 3.8) is 0 Å². The highest BCUT2D eigenvalue weighted by atomic mass is 19.1. The van der Waals surface area contributed by atoms with Crippen LogP contribution < -0.4 is 0 Å². The SMILES string of the molecule is C.C.CC1CCC(c2ccc(-c3ccc(C4CCC(C)CC4)cc3F)cc2)CC1.[HH].[HH]. The van der Waals surface area contributed by atoms with Crippen molar-refractivity contribution in [3.05, 3.63) is 59.4 Å². The van der Waals surface area contributed by atoms with Crippen LogP contribution in [-0.4, -0.2) is 0 Å². The van der Waals surface area contributed by atoms with Crippen molar-refractivity contribution in [2.75, 3.05) is 0 Å². The third kappa shape index (κ3) is 5.50. The van der Waals surface area contributed by atoms with Crippen LogP contribution >= 0.6 is 0 Å². The van der Waals surface area contributed by atoms with Crippen molar-refractivity contribution in [3.8, 4) is 11.1 Å². The predicted octanol–water partition coefficient (Wildman–Crippen LogP) is 9.84. The van der Waals surface area contributed by atoms with Gasteiger partial charge in [0.05, 0.1) is 0 Å². The van der Waals surface area contributed by atoms with E-state index >= 15 is 0 Å². The van der Waals surface area contributed by atoms with E-state index in [2.05, 4.69) is 44.2 Å².